The Labute approximate surface area is 152 Å². The Balaban J connectivity index is 2.18. The van der Waals surface area contributed by atoms with Crippen LogP contribution in [-0.4, -0.2) is 19.6 Å². The first-order chi connectivity index (χ1) is 11.9. The smallest absolute Gasteiger partial charge is 0.387 e. The molecule has 8 heteroatoms. The number of alkyl halides is 2. The largest absolute Gasteiger partial charge is 0.495 e. The number of para-hydroxylation sites is 2. The minimum absolute atomic E-state index is 0.119. The number of methoxy groups -OCH3 is 1. The maximum absolute atomic E-state index is 12.4. The highest BCUT2D eigenvalue weighted by molar-refractivity contribution is 6.36. The van der Waals surface area contributed by atoms with Crippen LogP contribution < -0.4 is 14.8 Å². The lowest BCUT2D eigenvalue weighted by atomic mass is 10.2. The van der Waals surface area contributed by atoms with E-state index in [1.54, 1.807) is 12.1 Å². The Hall–Kier alpha value is -2.31. The highest BCUT2D eigenvalue weighted by Gasteiger charge is 2.11. The molecular weight excluding hydrogens is 375 g/mol. The molecule has 0 aliphatic carbocycles. The van der Waals surface area contributed by atoms with E-state index in [2.05, 4.69) is 10.1 Å². The summed E-state index contributed by atoms with van der Waals surface area (Å²) >= 11 is 11.9. The van der Waals surface area contributed by atoms with Gasteiger partial charge in [-0.2, -0.15) is 8.78 Å². The lowest BCUT2D eigenvalue weighted by molar-refractivity contribution is -0.111. The minimum atomic E-state index is -2.99. The third-order valence-corrected chi connectivity index (χ3v) is 3.52. The zero-order valence-electron chi connectivity index (χ0n) is 12.9. The average Bonchev–Trinajstić information content (AvgIpc) is 2.54. The van der Waals surface area contributed by atoms with Gasteiger partial charge in [0.05, 0.1) is 17.8 Å². The van der Waals surface area contributed by atoms with E-state index in [0.717, 1.165) is 0 Å². The number of benzene rings is 2. The highest BCUT2D eigenvalue weighted by atomic mass is 35.5. The summed E-state index contributed by atoms with van der Waals surface area (Å²) in [6, 6.07) is 8.95. The number of carbonyl (C=O) groups is 1. The Kier molecular flexibility index (Phi) is 6.61. The Morgan fingerprint density at radius 2 is 1.96 bits per heavy atom. The number of hydrogen-bond donors (Lipinski definition) is 1. The van der Waals surface area contributed by atoms with Crippen LogP contribution in [0.15, 0.2) is 42.5 Å². The van der Waals surface area contributed by atoms with Gasteiger partial charge in [-0.3, -0.25) is 4.79 Å². The molecule has 0 unspecified atom stereocenters. The zero-order valence-corrected chi connectivity index (χ0v) is 14.4. The third kappa shape index (κ3) is 5.34. The molecule has 0 saturated carbocycles. The number of halogens is 4. The van der Waals surface area contributed by atoms with Crippen molar-refractivity contribution < 1.29 is 23.0 Å². The SMILES string of the molecule is COc1c(Cl)cc(Cl)cc1/C=C/C(=O)Nc1ccccc1OC(F)F. The topological polar surface area (TPSA) is 47.6 Å². The molecule has 0 spiro atoms. The van der Waals surface area contributed by atoms with Gasteiger partial charge in [-0.05, 0) is 30.3 Å². The van der Waals surface area contributed by atoms with Crippen LogP contribution in [0, 0.1) is 0 Å². The lowest BCUT2D eigenvalue weighted by Crippen LogP contribution is -2.11. The molecule has 0 aliphatic heterocycles. The van der Waals surface area contributed by atoms with E-state index >= 15 is 0 Å². The van der Waals surface area contributed by atoms with E-state index in [-0.39, 0.29) is 11.4 Å². The van der Waals surface area contributed by atoms with Crippen molar-refractivity contribution in [2.75, 3.05) is 12.4 Å². The minimum Gasteiger partial charge on any atom is -0.495 e. The molecule has 0 radical (unpaired) electrons. The maximum atomic E-state index is 12.4. The number of amides is 1. The molecule has 132 valence electrons. The molecule has 2 aromatic rings. The molecule has 1 N–H and O–H groups in total. The summed E-state index contributed by atoms with van der Waals surface area (Å²) in [4.78, 5) is 12.0. The number of anilines is 1. The fraction of sp³-hybridized carbons (Fsp3) is 0.118. The first-order valence-corrected chi connectivity index (χ1v) is 7.72. The van der Waals surface area contributed by atoms with Gasteiger partial charge < -0.3 is 14.8 Å². The second-order valence-electron chi connectivity index (χ2n) is 4.71. The summed E-state index contributed by atoms with van der Waals surface area (Å²) in [6.45, 7) is -2.99. The quantitative estimate of drug-likeness (QED) is 0.688. The molecule has 4 nitrogen and oxygen atoms in total. The van der Waals surface area contributed by atoms with E-state index in [1.165, 1.54) is 43.5 Å². The average molecular weight is 388 g/mol. The van der Waals surface area contributed by atoms with Crippen LogP contribution in [-0.2, 0) is 4.79 Å². The number of carbonyl (C=O) groups excluding carboxylic acids is 1. The van der Waals surface area contributed by atoms with Crippen molar-refractivity contribution in [2.24, 2.45) is 0 Å². The van der Waals surface area contributed by atoms with Gasteiger partial charge in [-0.1, -0.05) is 35.3 Å². The molecule has 0 heterocycles. The number of ether oxygens (including phenoxy) is 2. The van der Waals surface area contributed by atoms with E-state index in [0.29, 0.717) is 21.4 Å². The van der Waals surface area contributed by atoms with Gasteiger partial charge in [0.1, 0.15) is 11.5 Å². The summed E-state index contributed by atoms with van der Waals surface area (Å²) in [5.41, 5.74) is 0.612. The number of hydrogen-bond acceptors (Lipinski definition) is 3. The summed E-state index contributed by atoms with van der Waals surface area (Å²) < 4.78 is 34.3. The van der Waals surface area contributed by atoms with E-state index in [4.69, 9.17) is 27.9 Å². The van der Waals surface area contributed by atoms with Crippen LogP contribution >= 0.6 is 23.2 Å². The van der Waals surface area contributed by atoms with Gasteiger partial charge in [-0.15, -0.1) is 0 Å². The van der Waals surface area contributed by atoms with Crippen LogP contribution in [0.5, 0.6) is 11.5 Å². The van der Waals surface area contributed by atoms with Gasteiger partial charge in [0.2, 0.25) is 5.91 Å². The van der Waals surface area contributed by atoms with E-state index < -0.39 is 12.5 Å². The van der Waals surface area contributed by atoms with Gasteiger partial charge in [0.25, 0.3) is 0 Å². The molecule has 2 rings (SSSR count). The first-order valence-electron chi connectivity index (χ1n) is 6.96. The van der Waals surface area contributed by atoms with Crippen LogP contribution in [0.3, 0.4) is 0 Å². The summed E-state index contributed by atoms with van der Waals surface area (Å²) in [5.74, 6) is -0.331. The summed E-state index contributed by atoms with van der Waals surface area (Å²) in [7, 11) is 1.43. The van der Waals surface area contributed by atoms with Crippen molar-refractivity contribution in [1.82, 2.24) is 0 Å². The maximum Gasteiger partial charge on any atom is 0.387 e. The van der Waals surface area contributed by atoms with Gasteiger partial charge in [0, 0.05) is 16.7 Å². The van der Waals surface area contributed by atoms with Crippen LogP contribution in [0.25, 0.3) is 6.08 Å². The molecule has 0 atom stereocenters. The monoisotopic (exact) mass is 387 g/mol. The fourth-order valence-corrected chi connectivity index (χ4v) is 2.61. The molecule has 0 aliphatic rings. The summed E-state index contributed by atoms with van der Waals surface area (Å²) in [5, 5.41) is 3.14. The molecular formula is C17H13Cl2F2NO3. The van der Waals surface area contributed by atoms with Crippen LogP contribution in [0.2, 0.25) is 10.0 Å². The van der Waals surface area contributed by atoms with Gasteiger partial charge in [-0.25, -0.2) is 0 Å². The molecule has 2 aromatic carbocycles. The molecule has 0 saturated heterocycles. The van der Waals surface area contributed by atoms with Gasteiger partial charge >= 0.3 is 6.61 Å². The Morgan fingerprint density at radius 1 is 1.24 bits per heavy atom. The zero-order chi connectivity index (χ0) is 18.4. The van der Waals surface area contributed by atoms with E-state index in [9.17, 15) is 13.6 Å². The van der Waals surface area contributed by atoms with Crippen molar-refractivity contribution in [2.45, 2.75) is 6.61 Å². The Bertz CT molecular complexity index is 797. The van der Waals surface area contributed by atoms with Crippen LogP contribution in [0.1, 0.15) is 5.56 Å². The van der Waals surface area contributed by atoms with Crippen molar-refractivity contribution in [3.8, 4) is 11.5 Å². The molecule has 1 amide bonds. The third-order valence-electron chi connectivity index (χ3n) is 3.02. The highest BCUT2D eigenvalue weighted by Crippen LogP contribution is 2.33. The second kappa shape index (κ2) is 8.69. The molecule has 0 bridgehead atoms. The first kappa shape index (κ1) is 19.0. The number of nitrogens with one attached hydrogen (secondary N) is 1. The van der Waals surface area contributed by atoms with Crippen molar-refractivity contribution in [3.63, 3.8) is 0 Å². The number of rotatable bonds is 6. The fourth-order valence-electron chi connectivity index (χ4n) is 2.03. The van der Waals surface area contributed by atoms with Crippen LogP contribution in [0.4, 0.5) is 14.5 Å². The van der Waals surface area contributed by atoms with E-state index in [1.807, 2.05) is 0 Å². The molecule has 25 heavy (non-hydrogen) atoms. The van der Waals surface area contributed by atoms with Crippen molar-refractivity contribution in [1.29, 1.82) is 0 Å². The molecule has 0 aromatic heterocycles. The summed E-state index contributed by atoms with van der Waals surface area (Å²) in [6.07, 6.45) is 2.65. The second-order valence-corrected chi connectivity index (χ2v) is 5.55. The van der Waals surface area contributed by atoms with Crippen molar-refractivity contribution >= 4 is 40.9 Å². The van der Waals surface area contributed by atoms with Gasteiger partial charge in [0.15, 0.2) is 0 Å². The van der Waals surface area contributed by atoms with Crippen molar-refractivity contribution in [3.05, 3.63) is 58.1 Å². The normalized spacial score (nSPS) is 11.0. The molecule has 0 fully saturated rings. The standard InChI is InChI=1S/C17H13Cl2F2NO3/c1-24-16-10(8-11(18)9-12(16)19)6-7-15(23)22-13-4-2-3-5-14(13)25-17(20)21/h2-9,17H,1H3,(H,22,23)/b7-6+. The lowest BCUT2D eigenvalue weighted by Gasteiger charge is -2.10. The Morgan fingerprint density at radius 3 is 2.64 bits per heavy atom. The predicted octanol–water partition coefficient (Wildman–Crippen LogP) is 5.26. The predicted molar refractivity (Wildman–Crippen MR) is 93.8 cm³/mol.